The summed E-state index contributed by atoms with van der Waals surface area (Å²) in [6, 6.07) is 18.6. The van der Waals surface area contributed by atoms with Gasteiger partial charge in [-0.1, -0.05) is 41.9 Å². The predicted octanol–water partition coefficient (Wildman–Crippen LogP) is 3.68. The molecule has 1 aliphatic heterocycles. The number of aliphatic carboxylic acids is 2. The molecule has 0 amide bonds. The molecule has 2 aromatic carbocycles. The number of nitrogens with one attached hydrogen (secondary N) is 1. The van der Waals surface area contributed by atoms with Gasteiger partial charge in [0.05, 0.1) is 5.52 Å². The fraction of sp³-hybridized carbons (Fsp3) is 0.174. The van der Waals surface area contributed by atoms with Crippen LogP contribution in [0.4, 0.5) is 5.82 Å². The van der Waals surface area contributed by atoms with Crippen molar-refractivity contribution in [3.63, 3.8) is 0 Å². The molecule has 0 saturated carbocycles. The van der Waals surface area contributed by atoms with Crippen LogP contribution in [0.2, 0.25) is 5.02 Å². The molecular formula is C23H22ClN3O4. The highest BCUT2D eigenvalue weighted by molar-refractivity contribution is 6.30. The number of carboxylic acids is 2. The molecule has 1 aliphatic rings. The minimum Gasteiger partial charge on any atom is -0.478 e. The molecule has 0 spiro atoms. The lowest BCUT2D eigenvalue weighted by Crippen LogP contribution is -2.43. The third-order valence-electron chi connectivity index (χ3n) is 4.67. The summed E-state index contributed by atoms with van der Waals surface area (Å²) < 4.78 is 0. The highest BCUT2D eigenvalue weighted by Gasteiger charge is 2.15. The van der Waals surface area contributed by atoms with Crippen LogP contribution in [0.1, 0.15) is 0 Å². The summed E-state index contributed by atoms with van der Waals surface area (Å²) in [6.07, 6.45) is 1.12. The van der Waals surface area contributed by atoms with Gasteiger partial charge in [-0.05, 0) is 35.4 Å². The molecule has 3 aromatic rings. The number of piperazine rings is 1. The number of nitrogens with zero attached hydrogens (tertiary/aromatic N) is 2. The van der Waals surface area contributed by atoms with E-state index in [9.17, 15) is 9.59 Å². The highest BCUT2D eigenvalue weighted by atomic mass is 35.5. The standard InChI is InChI=1S/C19H18ClN3.C4H4O4/c20-15-7-5-14(6-8-15)17-13-19(23-11-9-21-10-12-23)22-18-4-2-1-3-16(17)18;5-3(6)1-2-4(7)8/h1-8,13,21H,9-12H2;1-2H,(H,5,6)(H,7,8). The molecule has 31 heavy (non-hydrogen) atoms. The SMILES string of the molecule is Clc1ccc(-c2cc(N3CCNCC3)nc3ccccc23)cc1.O=C(O)C=CC(=O)O. The van der Waals surface area contributed by atoms with Crippen LogP contribution in [0.25, 0.3) is 22.0 Å². The van der Waals surface area contributed by atoms with Gasteiger partial charge in [-0.15, -0.1) is 0 Å². The Balaban J connectivity index is 0.000000293. The molecule has 2 heterocycles. The molecule has 0 atom stereocenters. The maximum atomic E-state index is 9.55. The average Bonchev–Trinajstić information content (AvgIpc) is 2.78. The zero-order chi connectivity index (χ0) is 22.2. The van der Waals surface area contributed by atoms with E-state index in [1.807, 2.05) is 18.2 Å². The predicted molar refractivity (Wildman–Crippen MR) is 122 cm³/mol. The van der Waals surface area contributed by atoms with E-state index in [-0.39, 0.29) is 0 Å². The van der Waals surface area contributed by atoms with Crippen molar-refractivity contribution < 1.29 is 19.8 Å². The second-order valence-electron chi connectivity index (χ2n) is 6.80. The van der Waals surface area contributed by atoms with Crippen LogP contribution in [-0.4, -0.2) is 53.3 Å². The summed E-state index contributed by atoms with van der Waals surface area (Å²) in [7, 11) is 0. The van der Waals surface area contributed by atoms with Gasteiger partial charge in [0.15, 0.2) is 0 Å². The summed E-state index contributed by atoms with van der Waals surface area (Å²) in [6.45, 7) is 3.99. The topological polar surface area (TPSA) is 103 Å². The quantitative estimate of drug-likeness (QED) is 0.533. The summed E-state index contributed by atoms with van der Waals surface area (Å²) >= 11 is 6.04. The van der Waals surface area contributed by atoms with Crippen LogP contribution in [0.3, 0.4) is 0 Å². The van der Waals surface area contributed by atoms with Crippen LogP contribution in [-0.2, 0) is 9.59 Å². The maximum absolute atomic E-state index is 9.55. The Morgan fingerprint density at radius 1 is 0.968 bits per heavy atom. The van der Waals surface area contributed by atoms with Crippen molar-refractivity contribution in [1.29, 1.82) is 0 Å². The molecule has 1 aromatic heterocycles. The van der Waals surface area contributed by atoms with Crippen molar-refractivity contribution in [2.45, 2.75) is 0 Å². The molecule has 0 radical (unpaired) electrons. The van der Waals surface area contributed by atoms with Crippen LogP contribution in [0.5, 0.6) is 0 Å². The molecule has 4 rings (SSSR count). The van der Waals surface area contributed by atoms with Gasteiger partial charge in [0.1, 0.15) is 5.82 Å². The van der Waals surface area contributed by atoms with Crippen LogP contribution in [0, 0.1) is 0 Å². The zero-order valence-corrected chi connectivity index (χ0v) is 17.4. The monoisotopic (exact) mass is 439 g/mol. The molecule has 3 N–H and O–H groups in total. The van der Waals surface area contributed by atoms with Crippen molar-refractivity contribution in [1.82, 2.24) is 10.3 Å². The number of carboxylic acid groups (broad SMARTS) is 2. The lowest BCUT2D eigenvalue weighted by Gasteiger charge is -2.29. The van der Waals surface area contributed by atoms with E-state index in [4.69, 9.17) is 26.8 Å². The molecule has 1 saturated heterocycles. The Morgan fingerprint density at radius 3 is 2.19 bits per heavy atom. The molecule has 0 bridgehead atoms. The normalized spacial score (nSPS) is 13.6. The van der Waals surface area contributed by atoms with E-state index in [1.54, 1.807) is 0 Å². The third kappa shape index (κ3) is 6.28. The first-order valence-electron chi connectivity index (χ1n) is 9.69. The number of hydrogen-bond acceptors (Lipinski definition) is 5. The van der Waals surface area contributed by atoms with Gasteiger partial charge in [-0.3, -0.25) is 0 Å². The Kier molecular flexibility index (Phi) is 7.59. The maximum Gasteiger partial charge on any atom is 0.328 e. The molecule has 0 aliphatic carbocycles. The molecule has 0 unspecified atom stereocenters. The van der Waals surface area contributed by atoms with Crippen molar-refractivity contribution in [2.75, 3.05) is 31.1 Å². The Hall–Kier alpha value is -3.42. The molecule has 8 heteroatoms. The second kappa shape index (κ2) is 10.6. The fourth-order valence-corrected chi connectivity index (χ4v) is 3.35. The number of aromatic nitrogens is 1. The Labute approximate surface area is 184 Å². The van der Waals surface area contributed by atoms with E-state index in [0.717, 1.165) is 42.5 Å². The summed E-state index contributed by atoms with van der Waals surface area (Å²) in [5.41, 5.74) is 3.42. The van der Waals surface area contributed by atoms with Crippen LogP contribution < -0.4 is 10.2 Å². The van der Waals surface area contributed by atoms with Gasteiger partial charge in [-0.25, -0.2) is 14.6 Å². The van der Waals surface area contributed by atoms with Gasteiger partial charge in [0.2, 0.25) is 0 Å². The van der Waals surface area contributed by atoms with Crippen molar-refractivity contribution in [3.05, 3.63) is 71.8 Å². The summed E-state index contributed by atoms with van der Waals surface area (Å²) in [5.74, 6) is -1.46. The molecule has 7 nitrogen and oxygen atoms in total. The third-order valence-corrected chi connectivity index (χ3v) is 4.92. The number of hydrogen-bond donors (Lipinski definition) is 3. The number of pyridine rings is 1. The average molecular weight is 440 g/mol. The zero-order valence-electron chi connectivity index (χ0n) is 16.7. The second-order valence-corrected chi connectivity index (χ2v) is 7.24. The first-order chi connectivity index (χ1) is 14.9. The van der Waals surface area contributed by atoms with Gasteiger partial charge >= 0.3 is 11.9 Å². The number of fused-ring (bicyclic) bond motifs is 1. The number of rotatable bonds is 4. The van der Waals surface area contributed by atoms with Crippen molar-refractivity contribution >= 4 is 40.3 Å². The smallest absolute Gasteiger partial charge is 0.328 e. The van der Waals surface area contributed by atoms with Gasteiger partial charge in [0, 0.05) is 48.7 Å². The van der Waals surface area contributed by atoms with E-state index >= 15 is 0 Å². The van der Waals surface area contributed by atoms with E-state index in [1.165, 1.54) is 16.5 Å². The molecule has 1 fully saturated rings. The fourth-order valence-electron chi connectivity index (χ4n) is 3.23. The minimum atomic E-state index is -1.26. The van der Waals surface area contributed by atoms with E-state index < -0.39 is 11.9 Å². The number of halogens is 1. The van der Waals surface area contributed by atoms with Crippen molar-refractivity contribution in [3.8, 4) is 11.1 Å². The number of para-hydroxylation sites is 1. The van der Waals surface area contributed by atoms with E-state index in [2.05, 4.69) is 46.6 Å². The lowest BCUT2D eigenvalue weighted by atomic mass is 10.0. The Morgan fingerprint density at radius 2 is 1.58 bits per heavy atom. The minimum absolute atomic E-state index is 0.558. The molecular weight excluding hydrogens is 418 g/mol. The number of anilines is 1. The van der Waals surface area contributed by atoms with Crippen molar-refractivity contribution in [2.24, 2.45) is 0 Å². The van der Waals surface area contributed by atoms with Crippen LogP contribution in [0.15, 0.2) is 66.7 Å². The number of benzene rings is 2. The first kappa shape index (κ1) is 22.3. The van der Waals surface area contributed by atoms with Crippen LogP contribution >= 0.6 is 11.6 Å². The summed E-state index contributed by atoms with van der Waals surface area (Å²) in [5, 5.41) is 20.9. The van der Waals surface area contributed by atoms with Gasteiger partial charge in [-0.2, -0.15) is 0 Å². The first-order valence-corrected chi connectivity index (χ1v) is 10.1. The highest BCUT2D eigenvalue weighted by Crippen LogP contribution is 2.32. The Bertz CT molecular complexity index is 1080. The van der Waals surface area contributed by atoms with E-state index in [0.29, 0.717) is 12.2 Å². The van der Waals surface area contributed by atoms with Gasteiger partial charge < -0.3 is 20.4 Å². The number of carbonyl (C=O) groups is 2. The van der Waals surface area contributed by atoms with Gasteiger partial charge in [0.25, 0.3) is 0 Å². The molecule has 160 valence electrons. The largest absolute Gasteiger partial charge is 0.478 e. The summed E-state index contributed by atoms with van der Waals surface area (Å²) in [4.78, 5) is 26.3. The lowest BCUT2D eigenvalue weighted by molar-refractivity contribution is -0.134.